The van der Waals surface area contributed by atoms with Crippen molar-refractivity contribution in [2.24, 2.45) is 5.92 Å². The molecule has 1 atom stereocenters. The summed E-state index contributed by atoms with van der Waals surface area (Å²) >= 11 is 1.77. The number of nitrogens with zero attached hydrogens (tertiary/aromatic N) is 2. The molecule has 15 heavy (non-hydrogen) atoms. The SMILES string of the molecule is CCCNCC(C)CSc1cnccn1. The Morgan fingerprint density at radius 3 is 3.00 bits per heavy atom. The van der Waals surface area contributed by atoms with E-state index in [9.17, 15) is 0 Å². The molecule has 0 fully saturated rings. The summed E-state index contributed by atoms with van der Waals surface area (Å²) in [7, 11) is 0. The molecule has 0 radical (unpaired) electrons. The Kier molecular flexibility index (Phi) is 6.36. The maximum absolute atomic E-state index is 4.23. The van der Waals surface area contributed by atoms with Gasteiger partial charge in [-0.25, -0.2) is 4.98 Å². The standard InChI is InChI=1S/C11H19N3S/c1-3-4-12-7-10(2)9-15-11-8-13-5-6-14-11/h5-6,8,10,12H,3-4,7,9H2,1-2H3. The van der Waals surface area contributed by atoms with Crippen molar-refractivity contribution in [2.75, 3.05) is 18.8 Å². The summed E-state index contributed by atoms with van der Waals surface area (Å²) in [4.78, 5) is 8.27. The molecule has 1 unspecified atom stereocenters. The third-order valence-electron chi connectivity index (χ3n) is 1.97. The molecular formula is C11H19N3S. The predicted octanol–water partition coefficient (Wildman–Crippen LogP) is 2.20. The van der Waals surface area contributed by atoms with Crippen molar-refractivity contribution >= 4 is 11.8 Å². The molecule has 0 saturated carbocycles. The van der Waals surface area contributed by atoms with Gasteiger partial charge in [-0.3, -0.25) is 4.98 Å². The van der Waals surface area contributed by atoms with E-state index in [1.165, 1.54) is 6.42 Å². The molecule has 0 aromatic carbocycles. The minimum Gasteiger partial charge on any atom is -0.316 e. The summed E-state index contributed by atoms with van der Waals surface area (Å²) in [5.41, 5.74) is 0. The van der Waals surface area contributed by atoms with E-state index >= 15 is 0 Å². The van der Waals surface area contributed by atoms with Gasteiger partial charge in [-0.05, 0) is 25.4 Å². The second-order valence-corrected chi connectivity index (χ2v) is 4.70. The van der Waals surface area contributed by atoms with Crippen molar-refractivity contribution in [2.45, 2.75) is 25.3 Å². The average molecular weight is 225 g/mol. The lowest BCUT2D eigenvalue weighted by Gasteiger charge is -2.10. The molecule has 0 saturated heterocycles. The third-order valence-corrected chi connectivity index (χ3v) is 3.22. The highest BCUT2D eigenvalue weighted by atomic mass is 32.2. The zero-order chi connectivity index (χ0) is 10.9. The molecular weight excluding hydrogens is 206 g/mol. The second kappa shape index (κ2) is 7.65. The van der Waals surface area contributed by atoms with Gasteiger partial charge >= 0.3 is 0 Å². The minimum absolute atomic E-state index is 0.670. The van der Waals surface area contributed by atoms with E-state index in [-0.39, 0.29) is 0 Å². The first-order valence-corrected chi connectivity index (χ1v) is 6.41. The van der Waals surface area contributed by atoms with Crippen LogP contribution >= 0.6 is 11.8 Å². The van der Waals surface area contributed by atoms with Crippen LogP contribution in [0.3, 0.4) is 0 Å². The third kappa shape index (κ3) is 5.74. The molecule has 3 nitrogen and oxygen atoms in total. The Labute approximate surface area is 96.1 Å². The van der Waals surface area contributed by atoms with Crippen LogP contribution in [0.5, 0.6) is 0 Å². The summed E-state index contributed by atoms with van der Waals surface area (Å²) in [6.07, 6.45) is 6.46. The summed E-state index contributed by atoms with van der Waals surface area (Å²) in [6, 6.07) is 0. The average Bonchev–Trinajstić information content (AvgIpc) is 2.28. The van der Waals surface area contributed by atoms with Crippen molar-refractivity contribution in [3.8, 4) is 0 Å². The Morgan fingerprint density at radius 2 is 2.33 bits per heavy atom. The molecule has 0 bridgehead atoms. The number of hydrogen-bond donors (Lipinski definition) is 1. The van der Waals surface area contributed by atoms with Gasteiger partial charge in [-0.2, -0.15) is 0 Å². The van der Waals surface area contributed by atoms with Crippen molar-refractivity contribution in [1.82, 2.24) is 15.3 Å². The Morgan fingerprint density at radius 1 is 1.47 bits per heavy atom. The fourth-order valence-electron chi connectivity index (χ4n) is 1.17. The van der Waals surface area contributed by atoms with Gasteiger partial charge in [0.25, 0.3) is 0 Å². The van der Waals surface area contributed by atoms with Crippen LogP contribution in [-0.4, -0.2) is 28.8 Å². The molecule has 0 amide bonds. The van der Waals surface area contributed by atoms with Crippen LogP contribution in [0, 0.1) is 5.92 Å². The highest BCUT2D eigenvalue weighted by Crippen LogP contribution is 2.16. The normalized spacial score (nSPS) is 12.7. The maximum Gasteiger partial charge on any atom is 0.114 e. The van der Waals surface area contributed by atoms with Gasteiger partial charge in [0.15, 0.2) is 0 Å². The minimum atomic E-state index is 0.670. The largest absolute Gasteiger partial charge is 0.316 e. The molecule has 0 aliphatic carbocycles. The zero-order valence-corrected chi connectivity index (χ0v) is 10.3. The summed E-state index contributed by atoms with van der Waals surface area (Å²) < 4.78 is 0. The van der Waals surface area contributed by atoms with Crippen LogP contribution in [0.2, 0.25) is 0 Å². The Bertz CT molecular complexity index is 253. The lowest BCUT2D eigenvalue weighted by atomic mass is 10.2. The van der Waals surface area contributed by atoms with Crippen LogP contribution in [0.25, 0.3) is 0 Å². The van der Waals surface area contributed by atoms with E-state index in [0.29, 0.717) is 5.92 Å². The van der Waals surface area contributed by atoms with Crippen LogP contribution in [0.15, 0.2) is 23.6 Å². The first-order valence-electron chi connectivity index (χ1n) is 5.42. The van der Waals surface area contributed by atoms with Gasteiger partial charge in [-0.15, -0.1) is 11.8 Å². The zero-order valence-electron chi connectivity index (χ0n) is 9.44. The number of nitrogens with one attached hydrogen (secondary N) is 1. The fraction of sp³-hybridized carbons (Fsp3) is 0.636. The van der Waals surface area contributed by atoms with Gasteiger partial charge in [-0.1, -0.05) is 13.8 Å². The predicted molar refractivity (Wildman–Crippen MR) is 65.1 cm³/mol. The van der Waals surface area contributed by atoms with Crippen molar-refractivity contribution in [3.63, 3.8) is 0 Å². The van der Waals surface area contributed by atoms with E-state index in [2.05, 4.69) is 29.1 Å². The van der Waals surface area contributed by atoms with Gasteiger partial charge in [0.05, 0.1) is 6.20 Å². The van der Waals surface area contributed by atoms with E-state index in [4.69, 9.17) is 0 Å². The lowest BCUT2D eigenvalue weighted by molar-refractivity contribution is 0.557. The van der Waals surface area contributed by atoms with Crippen LogP contribution in [-0.2, 0) is 0 Å². The van der Waals surface area contributed by atoms with Gasteiger partial charge < -0.3 is 5.32 Å². The quantitative estimate of drug-likeness (QED) is 0.570. The maximum atomic E-state index is 4.23. The monoisotopic (exact) mass is 225 g/mol. The topological polar surface area (TPSA) is 37.8 Å². The van der Waals surface area contributed by atoms with Crippen molar-refractivity contribution in [3.05, 3.63) is 18.6 Å². The van der Waals surface area contributed by atoms with E-state index < -0.39 is 0 Å². The number of thioether (sulfide) groups is 1. The molecule has 84 valence electrons. The van der Waals surface area contributed by atoms with E-state index in [0.717, 1.165) is 23.9 Å². The number of rotatable bonds is 7. The highest BCUT2D eigenvalue weighted by molar-refractivity contribution is 7.99. The van der Waals surface area contributed by atoms with E-state index in [1.54, 1.807) is 24.2 Å². The fourth-order valence-corrected chi connectivity index (χ4v) is 2.02. The van der Waals surface area contributed by atoms with Crippen molar-refractivity contribution < 1.29 is 0 Å². The molecule has 1 aromatic rings. The Balaban J connectivity index is 2.14. The van der Waals surface area contributed by atoms with Crippen molar-refractivity contribution in [1.29, 1.82) is 0 Å². The van der Waals surface area contributed by atoms with Crippen LogP contribution < -0.4 is 5.32 Å². The molecule has 1 N–H and O–H groups in total. The molecule has 0 aliphatic heterocycles. The molecule has 4 heteroatoms. The van der Waals surface area contributed by atoms with Crippen LogP contribution in [0.1, 0.15) is 20.3 Å². The Hall–Kier alpha value is -0.610. The molecule has 1 heterocycles. The lowest BCUT2D eigenvalue weighted by Crippen LogP contribution is -2.23. The summed E-state index contributed by atoms with van der Waals surface area (Å²) in [5.74, 6) is 1.76. The molecule has 1 rings (SSSR count). The summed E-state index contributed by atoms with van der Waals surface area (Å²) in [5, 5.41) is 4.44. The highest BCUT2D eigenvalue weighted by Gasteiger charge is 2.03. The smallest absolute Gasteiger partial charge is 0.114 e. The van der Waals surface area contributed by atoms with Gasteiger partial charge in [0.1, 0.15) is 5.03 Å². The molecule has 0 spiro atoms. The first-order chi connectivity index (χ1) is 7.33. The van der Waals surface area contributed by atoms with Crippen LogP contribution in [0.4, 0.5) is 0 Å². The second-order valence-electron chi connectivity index (χ2n) is 3.66. The summed E-state index contributed by atoms with van der Waals surface area (Å²) in [6.45, 7) is 6.64. The molecule has 0 aliphatic rings. The number of aromatic nitrogens is 2. The van der Waals surface area contributed by atoms with Gasteiger partial charge in [0.2, 0.25) is 0 Å². The van der Waals surface area contributed by atoms with E-state index in [1.807, 2.05) is 6.20 Å². The number of hydrogen-bond acceptors (Lipinski definition) is 4. The first kappa shape index (κ1) is 12.5. The van der Waals surface area contributed by atoms with Gasteiger partial charge in [0, 0.05) is 18.1 Å². The molecule has 1 aromatic heterocycles.